The number of likely N-dealkylation sites (tertiary alicyclic amines) is 1. The minimum absolute atomic E-state index is 0.0101. The van der Waals surface area contributed by atoms with Gasteiger partial charge in [-0.1, -0.05) is 6.07 Å². The molecule has 0 saturated carbocycles. The zero-order valence-electron chi connectivity index (χ0n) is 13.6. The van der Waals surface area contributed by atoms with Gasteiger partial charge < -0.3 is 14.6 Å². The molecule has 3 rings (SSSR count). The number of piperidine rings is 1. The van der Waals surface area contributed by atoms with Crippen LogP contribution in [0.5, 0.6) is 0 Å². The Labute approximate surface area is 139 Å². The molecule has 1 fully saturated rings. The van der Waals surface area contributed by atoms with Gasteiger partial charge in [0.15, 0.2) is 0 Å². The first-order valence-corrected chi connectivity index (χ1v) is 7.97. The van der Waals surface area contributed by atoms with E-state index >= 15 is 0 Å². The van der Waals surface area contributed by atoms with Crippen molar-refractivity contribution in [2.75, 3.05) is 20.2 Å². The van der Waals surface area contributed by atoms with E-state index in [1.165, 1.54) is 6.07 Å². The average Bonchev–Trinajstić information content (AvgIpc) is 2.62. The van der Waals surface area contributed by atoms with Gasteiger partial charge in [-0.05, 0) is 25.0 Å². The van der Waals surface area contributed by atoms with Gasteiger partial charge in [0.25, 0.3) is 11.5 Å². The van der Waals surface area contributed by atoms with E-state index in [1.54, 1.807) is 36.4 Å². The Bertz CT molecular complexity index is 760. The van der Waals surface area contributed by atoms with Crippen molar-refractivity contribution < 1.29 is 9.53 Å². The van der Waals surface area contributed by atoms with Gasteiger partial charge in [0.1, 0.15) is 11.5 Å². The molecule has 2 aromatic rings. The van der Waals surface area contributed by atoms with Crippen molar-refractivity contribution in [3.63, 3.8) is 0 Å². The maximum absolute atomic E-state index is 12.6. The monoisotopic (exact) mass is 328 g/mol. The van der Waals surface area contributed by atoms with Crippen molar-refractivity contribution in [2.24, 2.45) is 0 Å². The molecule has 3 heterocycles. The minimum atomic E-state index is -0.194. The summed E-state index contributed by atoms with van der Waals surface area (Å²) in [6.45, 7) is 1.50. The summed E-state index contributed by atoms with van der Waals surface area (Å²) in [5.74, 6) is 0.541. The fraction of sp³-hybridized carbons (Fsp3) is 0.412. The molecule has 0 aliphatic carbocycles. The van der Waals surface area contributed by atoms with Crippen LogP contribution in [0.3, 0.4) is 0 Å². The van der Waals surface area contributed by atoms with E-state index < -0.39 is 0 Å². The summed E-state index contributed by atoms with van der Waals surface area (Å²) in [4.78, 5) is 37.6. The summed E-state index contributed by atoms with van der Waals surface area (Å²) in [6.07, 6.45) is 3.36. The smallest absolute Gasteiger partial charge is 0.272 e. The van der Waals surface area contributed by atoms with Gasteiger partial charge in [0, 0.05) is 38.4 Å². The van der Waals surface area contributed by atoms with Crippen molar-refractivity contribution in [1.29, 1.82) is 0 Å². The molecule has 1 aliphatic heterocycles. The molecule has 1 saturated heterocycles. The molecule has 1 amide bonds. The highest BCUT2D eigenvalue weighted by Gasteiger charge is 2.27. The van der Waals surface area contributed by atoms with Crippen LogP contribution in [0.25, 0.3) is 0 Å². The number of rotatable bonds is 4. The number of methoxy groups -OCH3 is 1. The number of aromatic amines is 1. The molecule has 0 unspecified atom stereocenters. The minimum Gasteiger partial charge on any atom is -0.378 e. The molecule has 1 atom stereocenters. The van der Waals surface area contributed by atoms with Crippen LogP contribution in [0.15, 0.2) is 35.3 Å². The summed E-state index contributed by atoms with van der Waals surface area (Å²) in [5.41, 5.74) is 0.845. The third-order valence-corrected chi connectivity index (χ3v) is 4.08. The van der Waals surface area contributed by atoms with Crippen LogP contribution in [0.1, 0.15) is 40.8 Å². The molecule has 0 bridgehead atoms. The molecule has 24 heavy (non-hydrogen) atoms. The van der Waals surface area contributed by atoms with Gasteiger partial charge in [-0.15, -0.1) is 0 Å². The Morgan fingerprint density at radius 1 is 1.46 bits per heavy atom. The molecule has 7 nitrogen and oxygen atoms in total. The summed E-state index contributed by atoms with van der Waals surface area (Å²) >= 11 is 0. The van der Waals surface area contributed by atoms with E-state index in [-0.39, 0.29) is 17.4 Å². The third-order valence-electron chi connectivity index (χ3n) is 4.08. The predicted octanol–water partition coefficient (Wildman–Crippen LogP) is 1.33. The summed E-state index contributed by atoms with van der Waals surface area (Å²) in [7, 11) is 1.57. The Morgan fingerprint density at radius 2 is 2.33 bits per heavy atom. The van der Waals surface area contributed by atoms with Crippen LogP contribution < -0.4 is 5.56 Å². The standard InChI is InChI=1S/C17H20N4O3/c1-24-11-13-9-15(22)20-16(19-13)12-5-4-8-21(10-12)17(23)14-6-2-3-7-18-14/h2-3,6-7,9,12H,4-5,8,10-11H2,1H3,(H,19,20,22)/t12-/m1/s1. The van der Waals surface area contributed by atoms with E-state index in [9.17, 15) is 9.59 Å². The van der Waals surface area contributed by atoms with Crippen LogP contribution >= 0.6 is 0 Å². The zero-order valence-corrected chi connectivity index (χ0v) is 13.6. The lowest BCUT2D eigenvalue weighted by molar-refractivity contribution is 0.0698. The van der Waals surface area contributed by atoms with Crippen LogP contribution in [0.4, 0.5) is 0 Å². The lowest BCUT2D eigenvalue weighted by Gasteiger charge is -2.32. The third kappa shape index (κ3) is 3.68. The maximum atomic E-state index is 12.6. The number of amides is 1. The molecule has 1 N–H and O–H groups in total. The molecule has 2 aromatic heterocycles. The number of carbonyl (C=O) groups is 1. The number of pyridine rings is 1. The fourth-order valence-corrected chi connectivity index (χ4v) is 2.98. The highest BCUT2D eigenvalue weighted by molar-refractivity contribution is 5.92. The molecule has 1 aliphatic rings. The van der Waals surface area contributed by atoms with Gasteiger partial charge in [-0.25, -0.2) is 4.98 Å². The second-order valence-corrected chi connectivity index (χ2v) is 5.86. The molecule has 0 spiro atoms. The van der Waals surface area contributed by atoms with Crippen LogP contribution in [-0.4, -0.2) is 46.0 Å². The van der Waals surface area contributed by atoms with Crippen molar-refractivity contribution in [1.82, 2.24) is 19.9 Å². The van der Waals surface area contributed by atoms with Gasteiger partial charge in [-0.3, -0.25) is 14.6 Å². The van der Waals surface area contributed by atoms with E-state index in [1.807, 2.05) is 0 Å². The largest absolute Gasteiger partial charge is 0.378 e. The molecule has 126 valence electrons. The first kappa shape index (κ1) is 16.3. The van der Waals surface area contributed by atoms with Crippen molar-refractivity contribution in [2.45, 2.75) is 25.4 Å². The molecular weight excluding hydrogens is 308 g/mol. The van der Waals surface area contributed by atoms with Crippen LogP contribution in [-0.2, 0) is 11.3 Å². The van der Waals surface area contributed by atoms with Crippen LogP contribution in [0, 0.1) is 0 Å². The highest BCUT2D eigenvalue weighted by Crippen LogP contribution is 2.25. The Kier molecular flexibility index (Phi) is 5.00. The average molecular weight is 328 g/mol. The van der Waals surface area contributed by atoms with Gasteiger partial charge >= 0.3 is 0 Å². The molecule has 7 heteroatoms. The Morgan fingerprint density at radius 3 is 3.08 bits per heavy atom. The zero-order chi connectivity index (χ0) is 16.9. The predicted molar refractivity (Wildman–Crippen MR) is 87.7 cm³/mol. The molecule has 0 aromatic carbocycles. The number of ether oxygens (including phenoxy) is 1. The topological polar surface area (TPSA) is 88.2 Å². The lowest BCUT2D eigenvalue weighted by Crippen LogP contribution is -2.40. The fourth-order valence-electron chi connectivity index (χ4n) is 2.98. The molecular formula is C17H20N4O3. The second-order valence-electron chi connectivity index (χ2n) is 5.86. The van der Waals surface area contributed by atoms with Crippen molar-refractivity contribution >= 4 is 5.91 Å². The normalized spacial score (nSPS) is 17.7. The first-order valence-electron chi connectivity index (χ1n) is 7.97. The van der Waals surface area contributed by atoms with E-state index in [2.05, 4.69) is 15.0 Å². The second kappa shape index (κ2) is 7.35. The quantitative estimate of drug-likeness (QED) is 0.915. The lowest BCUT2D eigenvalue weighted by atomic mass is 9.96. The van der Waals surface area contributed by atoms with E-state index in [0.717, 1.165) is 12.8 Å². The number of nitrogens with zero attached hydrogens (tertiary/aromatic N) is 3. The number of carbonyl (C=O) groups excluding carboxylic acids is 1. The number of H-pyrrole nitrogens is 1. The van der Waals surface area contributed by atoms with Crippen LogP contribution in [0.2, 0.25) is 0 Å². The van der Waals surface area contributed by atoms with E-state index in [0.29, 0.717) is 36.9 Å². The Balaban J connectivity index is 1.78. The summed E-state index contributed by atoms with van der Waals surface area (Å²) in [6, 6.07) is 6.73. The maximum Gasteiger partial charge on any atom is 0.272 e. The SMILES string of the molecule is COCc1cc(=O)[nH]c([C@@H]2CCCN(C(=O)c3ccccn3)C2)n1. The van der Waals surface area contributed by atoms with Crippen molar-refractivity contribution in [3.8, 4) is 0 Å². The number of hydrogen-bond donors (Lipinski definition) is 1. The summed E-state index contributed by atoms with van der Waals surface area (Å²) in [5, 5.41) is 0. The Hall–Kier alpha value is -2.54. The van der Waals surface area contributed by atoms with Gasteiger partial charge in [0.05, 0.1) is 12.3 Å². The first-order chi connectivity index (χ1) is 11.7. The summed E-state index contributed by atoms with van der Waals surface area (Å²) < 4.78 is 5.05. The van der Waals surface area contributed by atoms with Gasteiger partial charge in [-0.2, -0.15) is 0 Å². The van der Waals surface area contributed by atoms with Crippen molar-refractivity contribution in [3.05, 3.63) is 58.0 Å². The van der Waals surface area contributed by atoms with Gasteiger partial charge in [0.2, 0.25) is 0 Å². The number of aromatic nitrogens is 3. The number of hydrogen-bond acceptors (Lipinski definition) is 5. The van der Waals surface area contributed by atoms with E-state index in [4.69, 9.17) is 4.74 Å². The molecule has 0 radical (unpaired) electrons. The highest BCUT2D eigenvalue weighted by atomic mass is 16.5. The number of nitrogens with one attached hydrogen (secondary N) is 1.